The molecule has 0 aromatic heterocycles. The van der Waals surface area contributed by atoms with Crippen molar-refractivity contribution in [3.05, 3.63) is 58.6 Å². The van der Waals surface area contributed by atoms with Crippen LogP contribution in [0.15, 0.2) is 41.3 Å². The molecule has 134 valence electrons. The molecule has 8 heteroatoms. The first-order valence-corrected chi connectivity index (χ1v) is 9.57. The van der Waals surface area contributed by atoms with Gasteiger partial charge < -0.3 is 4.90 Å². The molecule has 4 nitrogen and oxygen atoms in total. The average Bonchev–Trinajstić information content (AvgIpc) is 2.57. The number of hydrogen-bond donors (Lipinski definition) is 0. The highest BCUT2D eigenvalue weighted by Crippen LogP contribution is 2.27. The number of nitrogens with zero attached hydrogens (tertiary/aromatic N) is 2. The highest BCUT2D eigenvalue weighted by molar-refractivity contribution is 7.89. The maximum Gasteiger partial charge on any atom is 0.246 e. The van der Waals surface area contributed by atoms with Gasteiger partial charge in [0.15, 0.2) is 0 Å². The van der Waals surface area contributed by atoms with Gasteiger partial charge in [0.2, 0.25) is 10.0 Å². The molecule has 0 saturated carbocycles. The smallest absolute Gasteiger partial charge is 0.246 e. The third kappa shape index (κ3) is 3.63. The van der Waals surface area contributed by atoms with Crippen LogP contribution in [0, 0.1) is 18.6 Å². The molecule has 0 atom stereocenters. The Balaban J connectivity index is 1.78. The summed E-state index contributed by atoms with van der Waals surface area (Å²) in [5.41, 5.74) is 2.00. The maximum absolute atomic E-state index is 13.9. The molecule has 1 fully saturated rings. The first-order chi connectivity index (χ1) is 11.8. The van der Waals surface area contributed by atoms with Crippen molar-refractivity contribution < 1.29 is 17.2 Å². The number of hydrogen-bond acceptors (Lipinski definition) is 3. The number of anilines is 1. The topological polar surface area (TPSA) is 40.6 Å². The van der Waals surface area contributed by atoms with Crippen molar-refractivity contribution in [1.82, 2.24) is 4.31 Å². The lowest BCUT2D eigenvalue weighted by Crippen LogP contribution is -2.49. The largest absolute Gasteiger partial charge is 0.369 e. The molecule has 2 aromatic carbocycles. The third-order valence-corrected chi connectivity index (χ3v) is 6.43. The second-order valence-electron chi connectivity index (χ2n) is 5.90. The van der Waals surface area contributed by atoms with E-state index in [-0.39, 0.29) is 13.1 Å². The van der Waals surface area contributed by atoms with Gasteiger partial charge in [-0.1, -0.05) is 17.7 Å². The van der Waals surface area contributed by atoms with E-state index in [1.165, 1.54) is 4.31 Å². The van der Waals surface area contributed by atoms with Crippen LogP contribution in [-0.2, 0) is 10.0 Å². The lowest BCUT2D eigenvalue weighted by Gasteiger charge is -2.36. The van der Waals surface area contributed by atoms with E-state index in [9.17, 15) is 17.2 Å². The van der Waals surface area contributed by atoms with Gasteiger partial charge in [-0.2, -0.15) is 4.31 Å². The van der Waals surface area contributed by atoms with Crippen LogP contribution in [0.25, 0.3) is 0 Å². The van der Waals surface area contributed by atoms with Crippen molar-refractivity contribution >= 4 is 27.3 Å². The summed E-state index contributed by atoms with van der Waals surface area (Å²) in [6.07, 6.45) is 0. The Hall–Kier alpha value is -1.70. The van der Waals surface area contributed by atoms with Crippen LogP contribution < -0.4 is 4.90 Å². The van der Waals surface area contributed by atoms with E-state index in [1.54, 1.807) is 6.07 Å². The zero-order chi connectivity index (χ0) is 18.2. The number of aryl methyl sites for hydroxylation is 1. The molecule has 1 aliphatic heterocycles. The van der Waals surface area contributed by atoms with Crippen molar-refractivity contribution in [3.63, 3.8) is 0 Å². The molecule has 0 aliphatic carbocycles. The molecular formula is C17H17ClF2N2O2S. The van der Waals surface area contributed by atoms with Crippen LogP contribution in [0.5, 0.6) is 0 Å². The molecule has 1 saturated heterocycles. The van der Waals surface area contributed by atoms with Gasteiger partial charge in [-0.05, 0) is 36.8 Å². The SMILES string of the molecule is Cc1ccc(Cl)cc1N1CCN(S(=O)(=O)c2ccc(F)cc2F)CC1. The van der Waals surface area contributed by atoms with E-state index in [2.05, 4.69) is 0 Å². The summed E-state index contributed by atoms with van der Waals surface area (Å²) >= 11 is 6.04. The Bertz CT molecular complexity index is 898. The summed E-state index contributed by atoms with van der Waals surface area (Å²) in [6.45, 7) is 3.31. The zero-order valence-electron chi connectivity index (χ0n) is 13.5. The Morgan fingerprint density at radius 1 is 1.00 bits per heavy atom. The van der Waals surface area contributed by atoms with Crippen LogP contribution >= 0.6 is 11.6 Å². The Morgan fingerprint density at radius 3 is 2.32 bits per heavy atom. The molecule has 0 amide bonds. The minimum Gasteiger partial charge on any atom is -0.369 e. The predicted molar refractivity (Wildman–Crippen MR) is 93.5 cm³/mol. The Kier molecular flexibility index (Phi) is 4.99. The van der Waals surface area contributed by atoms with E-state index in [1.807, 2.05) is 24.0 Å². The van der Waals surface area contributed by atoms with Gasteiger partial charge in [-0.3, -0.25) is 0 Å². The monoisotopic (exact) mass is 386 g/mol. The lowest BCUT2D eigenvalue weighted by molar-refractivity contribution is 0.382. The summed E-state index contributed by atoms with van der Waals surface area (Å²) in [5.74, 6) is -1.88. The molecule has 1 heterocycles. The van der Waals surface area contributed by atoms with Crippen LogP contribution in [-0.4, -0.2) is 38.9 Å². The second-order valence-corrected chi connectivity index (χ2v) is 8.24. The fourth-order valence-electron chi connectivity index (χ4n) is 2.92. The summed E-state index contributed by atoms with van der Waals surface area (Å²) in [5, 5.41) is 0.615. The van der Waals surface area contributed by atoms with E-state index in [0.29, 0.717) is 24.2 Å². The fraction of sp³-hybridized carbons (Fsp3) is 0.294. The molecule has 0 N–H and O–H groups in total. The van der Waals surface area contributed by atoms with Gasteiger partial charge in [0.05, 0.1) is 0 Å². The first kappa shape index (κ1) is 18.1. The normalized spacial score (nSPS) is 16.2. The van der Waals surface area contributed by atoms with Gasteiger partial charge in [0.1, 0.15) is 16.5 Å². The average molecular weight is 387 g/mol. The highest BCUT2D eigenvalue weighted by Gasteiger charge is 2.31. The van der Waals surface area contributed by atoms with Gasteiger partial charge in [0, 0.05) is 43.0 Å². The first-order valence-electron chi connectivity index (χ1n) is 7.75. The summed E-state index contributed by atoms with van der Waals surface area (Å²) in [4.78, 5) is 1.55. The van der Waals surface area contributed by atoms with Crippen molar-refractivity contribution in [2.45, 2.75) is 11.8 Å². The van der Waals surface area contributed by atoms with E-state index < -0.39 is 26.6 Å². The number of piperazine rings is 1. The van der Waals surface area contributed by atoms with Crippen LogP contribution in [0.4, 0.5) is 14.5 Å². The fourth-order valence-corrected chi connectivity index (χ4v) is 4.55. The molecule has 0 radical (unpaired) electrons. The van der Waals surface area contributed by atoms with Gasteiger partial charge in [-0.15, -0.1) is 0 Å². The van der Waals surface area contributed by atoms with E-state index in [4.69, 9.17) is 11.6 Å². The van der Waals surface area contributed by atoms with Crippen LogP contribution in [0.2, 0.25) is 5.02 Å². The summed E-state index contributed by atoms with van der Waals surface area (Å²) in [6, 6.07) is 8.06. The lowest BCUT2D eigenvalue weighted by atomic mass is 10.1. The molecule has 0 unspecified atom stereocenters. The zero-order valence-corrected chi connectivity index (χ0v) is 15.1. The van der Waals surface area contributed by atoms with E-state index in [0.717, 1.165) is 23.4 Å². The molecular weight excluding hydrogens is 370 g/mol. The number of sulfonamides is 1. The minimum absolute atomic E-state index is 0.213. The Labute approximate surface area is 150 Å². The van der Waals surface area contributed by atoms with Crippen molar-refractivity contribution in [3.8, 4) is 0 Å². The Morgan fingerprint density at radius 2 is 1.68 bits per heavy atom. The molecule has 1 aliphatic rings. The predicted octanol–water partition coefficient (Wildman–Crippen LogP) is 3.44. The standard InChI is InChI=1S/C17H17ClF2N2O2S/c1-12-2-3-13(18)10-16(12)21-6-8-22(9-7-21)25(23,24)17-5-4-14(19)11-15(17)20/h2-5,10-11H,6-9H2,1H3. The minimum atomic E-state index is -3.99. The van der Waals surface area contributed by atoms with Gasteiger partial charge in [0.25, 0.3) is 0 Å². The van der Waals surface area contributed by atoms with Crippen LogP contribution in [0.3, 0.4) is 0 Å². The third-order valence-electron chi connectivity index (χ3n) is 4.26. The maximum atomic E-state index is 13.9. The molecule has 2 aromatic rings. The van der Waals surface area contributed by atoms with Crippen molar-refractivity contribution in [1.29, 1.82) is 0 Å². The molecule has 0 bridgehead atoms. The van der Waals surface area contributed by atoms with Crippen LogP contribution in [0.1, 0.15) is 5.56 Å². The summed E-state index contributed by atoms with van der Waals surface area (Å²) in [7, 11) is -3.99. The number of rotatable bonds is 3. The second kappa shape index (κ2) is 6.90. The van der Waals surface area contributed by atoms with Crippen molar-refractivity contribution in [2.24, 2.45) is 0 Å². The van der Waals surface area contributed by atoms with Gasteiger partial charge in [-0.25, -0.2) is 17.2 Å². The van der Waals surface area contributed by atoms with E-state index >= 15 is 0 Å². The number of benzene rings is 2. The van der Waals surface area contributed by atoms with Gasteiger partial charge >= 0.3 is 0 Å². The summed E-state index contributed by atoms with van der Waals surface area (Å²) < 4.78 is 53.3. The molecule has 25 heavy (non-hydrogen) atoms. The quantitative estimate of drug-likeness (QED) is 0.811. The molecule has 0 spiro atoms. The highest BCUT2D eigenvalue weighted by atomic mass is 35.5. The number of halogens is 3. The van der Waals surface area contributed by atoms with Crippen molar-refractivity contribution in [2.75, 3.05) is 31.1 Å². The molecule has 3 rings (SSSR count).